The van der Waals surface area contributed by atoms with Crippen molar-refractivity contribution in [2.75, 3.05) is 6.54 Å². The highest BCUT2D eigenvalue weighted by Crippen LogP contribution is 1.85. The van der Waals surface area contributed by atoms with Gasteiger partial charge in [-0.15, -0.1) is 0 Å². The maximum atomic E-state index is 10.4. The van der Waals surface area contributed by atoms with E-state index in [1.165, 1.54) is 0 Å². The Morgan fingerprint density at radius 2 is 2.30 bits per heavy atom. The second-order valence-electron chi connectivity index (χ2n) is 1.82. The normalized spacial score (nSPS) is 12.1. The first-order valence-electron chi connectivity index (χ1n) is 2.91. The van der Waals surface area contributed by atoms with Gasteiger partial charge < -0.3 is 16.8 Å². The zero-order valence-corrected chi connectivity index (χ0v) is 5.54. The lowest BCUT2D eigenvalue weighted by atomic mass is 10.2. The molecular formula is C5H11N3O2. The number of carbonyl (C=O) groups is 2. The van der Waals surface area contributed by atoms with E-state index in [9.17, 15) is 9.59 Å². The number of amides is 2. The molecule has 0 bridgehead atoms. The molecular weight excluding hydrogens is 134 g/mol. The van der Waals surface area contributed by atoms with Gasteiger partial charge in [0.15, 0.2) is 0 Å². The van der Waals surface area contributed by atoms with Gasteiger partial charge in [-0.3, -0.25) is 9.59 Å². The molecule has 0 spiro atoms. The highest BCUT2D eigenvalue weighted by molar-refractivity contribution is 5.81. The lowest BCUT2D eigenvalue weighted by Crippen LogP contribution is -2.41. The Hall–Kier alpha value is -1.10. The van der Waals surface area contributed by atoms with Crippen molar-refractivity contribution in [3.8, 4) is 0 Å². The molecule has 5 heteroatoms. The third kappa shape index (κ3) is 3.03. The van der Waals surface area contributed by atoms with E-state index in [-0.39, 0.29) is 0 Å². The molecule has 58 valence electrons. The summed E-state index contributed by atoms with van der Waals surface area (Å²) in [6, 6.07) is -0.623. The van der Waals surface area contributed by atoms with Crippen LogP contribution in [0.15, 0.2) is 0 Å². The summed E-state index contributed by atoms with van der Waals surface area (Å²) in [6.07, 6.45) is 0.819. The van der Waals surface area contributed by atoms with Gasteiger partial charge in [-0.1, -0.05) is 0 Å². The topological polar surface area (TPSA) is 98.2 Å². The minimum Gasteiger partial charge on any atom is -0.368 e. The van der Waals surface area contributed by atoms with E-state index in [1.807, 2.05) is 0 Å². The van der Waals surface area contributed by atoms with E-state index < -0.39 is 11.9 Å². The quantitative estimate of drug-likeness (QED) is 0.388. The Bertz CT molecular complexity index is 126. The summed E-state index contributed by atoms with van der Waals surface area (Å²) < 4.78 is 0. The summed E-state index contributed by atoms with van der Waals surface area (Å²) in [5.41, 5.74) is 10.0. The van der Waals surface area contributed by atoms with Gasteiger partial charge in [0, 0.05) is 0 Å². The number of carbonyl (C=O) groups excluding carboxylic acids is 2. The van der Waals surface area contributed by atoms with Gasteiger partial charge in [0.25, 0.3) is 0 Å². The van der Waals surface area contributed by atoms with E-state index in [0.29, 0.717) is 19.4 Å². The maximum Gasteiger partial charge on any atom is 0.240 e. The van der Waals surface area contributed by atoms with Gasteiger partial charge in [-0.05, 0) is 13.0 Å². The second kappa shape index (κ2) is 4.75. The number of nitrogens with one attached hydrogen (secondary N) is 1. The van der Waals surface area contributed by atoms with Gasteiger partial charge in [-0.25, -0.2) is 0 Å². The fraction of sp³-hybridized carbons (Fsp3) is 0.600. The number of hydrogen-bond acceptors (Lipinski definition) is 3. The van der Waals surface area contributed by atoms with Gasteiger partial charge in [0.05, 0.1) is 0 Å². The number of nitrogens with two attached hydrogens (primary N) is 2. The van der Waals surface area contributed by atoms with Crippen LogP contribution in [0.5, 0.6) is 0 Å². The van der Waals surface area contributed by atoms with Crippen LogP contribution in [-0.2, 0) is 9.59 Å². The summed E-state index contributed by atoms with van der Waals surface area (Å²) in [5, 5.41) is 2.25. The van der Waals surface area contributed by atoms with Crippen LogP contribution < -0.4 is 16.8 Å². The first-order chi connectivity index (χ1) is 4.72. The Morgan fingerprint density at radius 1 is 1.70 bits per heavy atom. The van der Waals surface area contributed by atoms with Crippen molar-refractivity contribution < 1.29 is 9.59 Å². The number of primary amides is 1. The summed E-state index contributed by atoms with van der Waals surface area (Å²) in [4.78, 5) is 20.3. The molecule has 0 aromatic heterocycles. The van der Waals surface area contributed by atoms with Crippen LogP contribution in [0, 0.1) is 0 Å². The predicted molar refractivity (Wildman–Crippen MR) is 35.9 cm³/mol. The molecule has 0 aromatic carbocycles. The number of rotatable bonds is 5. The SMILES string of the molecule is NCC[C@H](NC=O)C(N)=O. The highest BCUT2D eigenvalue weighted by Gasteiger charge is 2.11. The van der Waals surface area contributed by atoms with Crippen LogP contribution in [0.4, 0.5) is 0 Å². The molecule has 1 atom stereocenters. The minimum absolute atomic E-state index is 0.328. The summed E-state index contributed by atoms with van der Waals surface area (Å²) in [7, 11) is 0. The first-order valence-corrected chi connectivity index (χ1v) is 2.91. The molecule has 0 saturated carbocycles. The molecule has 5 N–H and O–H groups in total. The van der Waals surface area contributed by atoms with E-state index >= 15 is 0 Å². The minimum atomic E-state index is -0.623. The van der Waals surface area contributed by atoms with Crippen LogP contribution >= 0.6 is 0 Å². The van der Waals surface area contributed by atoms with Crippen molar-refractivity contribution in [1.82, 2.24) is 5.32 Å². The van der Waals surface area contributed by atoms with E-state index in [4.69, 9.17) is 11.5 Å². The Kier molecular flexibility index (Phi) is 4.23. The molecule has 0 rings (SSSR count). The monoisotopic (exact) mass is 145 g/mol. The Balaban J connectivity index is 3.71. The van der Waals surface area contributed by atoms with Gasteiger partial charge in [0.1, 0.15) is 6.04 Å². The zero-order valence-electron chi connectivity index (χ0n) is 5.54. The van der Waals surface area contributed by atoms with Crippen molar-refractivity contribution >= 4 is 12.3 Å². The fourth-order valence-electron chi connectivity index (χ4n) is 0.557. The lowest BCUT2D eigenvalue weighted by Gasteiger charge is -2.08. The van der Waals surface area contributed by atoms with Crippen molar-refractivity contribution in [3.05, 3.63) is 0 Å². The van der Waals surface area contributed by atoms with Crippen LogP contribution in [0.2, 0.25) is 0 Å². The second-order valence-corrected chi connectivity index (χ2v) is 1.82. The molecule has 0 aromatic rings. The van der Waals surface area contributed by atoms with E-state index in [0.717, 1.165) is 0 Å². The molecule has 0 aliphatic carbocycles. The Morgan fingerprint density at radius 3 is 2.60 bits per heavy atom. The lowest BCUT2D eigenvalue weighted by molar-refractivity contribution is -0.122. The standard InChI is InChI=1S/C5H11N3O2/c6-2-1-4(5(7)10)8-3-9/h3-4H,1-2,6H2,(H2,7,10)(H,8,9)/t4-/m0/s1. The van der Waals surface area contributed by atoms with Crippen LogP contribution in [0.25, 0.3) is 0 Å². The molecule has 0 fully saturated rings. The molecule has 0 unspecified atom stereocenters. The van der Waals surface area contributed by atoms with Crippen molar-refractivity contribution in [3.63, 3.8) is 0 Å². The largest absolute Gasteiger partial charge is 0.368 e. The van der Waals surface area contributed by atoms with Crippen molar-refractivity contribution in [2.45, 2.75) is 12.5 Å². The molecule has 0 heterocycles. The molecule has 0 radical (unpaired) electrons. The van der Waals surface area contributed by atoms with Gasteiger partial charge in [-0.2, -0.15) is 0 Å². The summed E-state index contributed by atoms with van der Waals surface area (Å²) >= 11 is 0. The molecule has 0 saturated heterocycles. The summed E-state index contributed by atoms with van der Waals surface area (Å²) in [6.45, 7) is 0.328. The maximum absolute atomic E-state index is 10.4. The van der Waals surface area contributed by atoms with Gasteiger partial charge >= 0.3 is 0 Å². The van der Waals surface area contributed by atoms with Crippen LogP contribution in [0.1, 0.15) is 6.42 Å². The highest BCUT2D eigenvalue weighted by atomic mass is 16.2. The Labute approximate surface area is 58.8 Å². The molecule has 2 amide bonds. The average Bonchev–Trinajstić information content (AvgIpc) is 1.87. The summed E-state index contributed by atoms with van der Waals surface area (Å²) in [5.74, 6) is -0.558. The predicted octanol–water partition coefficient (Wildman–Crippen LogP) is -2.06. The third-order valence-electron chi connectivity index (χ3n) is 1.07. The van der Waals surface area contributed by atoms with Crippen LogP contribution in [-0.4, -0.2) is 24.9 Å². The smallest absolute Gasteiger partial charge is 0.240 e. The zero-order chi connectivity index (χ0) is 7.98. The number of hydrogen-bond donors (Lipinski definition) is 3. The fourth-order valence-corrected chi connectivity index (χ4v) is 0.557. The van der Waals surface area contributed by atoms with E-state index in [2.05, 4.69) is 5.32 Å². The van der Waals surface area contributed by atoms with Crippen LogP contribution in [0.3, 0.4) is 0 Å². The first kappa shape index (κ1) is 8.90. The van der Waals surface area contributed by atoms with Gasteiger partial charge in [0.2, 0.25) is 12.3 Å². The molecule has 10 heavy (non-hydrogen) atoms. The van der Waals surface area contributed by atoms with Crippen molar-refractivity contribution in [1.29, 1.82) is 0 Å². The average molecular weight is 145 g/mol. The molecule has 5 nitrogen and oxygen atoms in total. The molecule has 0 aliphatic rings. The molecule has 0 aliphatic heterocycles. The third-order valence-corrected chi connectivity index (χ3v) is 1.07. The van der Waals surface area contributed by atoms with Crippen molar-refractivity contribution in [2.24, 2.45) is 11.5 Å². The van der Waals surface area contributed by atoms with E-state index in [1.54, 1.807) is 0 Å².